The number of aromatic nitrogens is 2. The second kappa shape index (κ2) is 11.3. The summed E-state index contributed by atoms with van der Waals surface area (Å²) in [7, 11) is 0. The molecule has 5 N–H and O–H groups in total. The van der Waals surface area contributed by atoms with Gasteiger partial charge in [-0.3, -0.25) is 14.4 Å². The topological polar surface area (TPSA) is 173 Å². The lowest BCUT2D eigenvalue weighted by Crippen LogP contribution is -2.41. The highest BCUT2D eigenvalue weighted by Crippen LogP contribution is 2.20. The van der Waals surface area contributed by atoms with Crippen LogP contribution in [0.15, 0.2) is 47.3 Å². The number of anilines is 1. The predicted octanol–water partition coefficient (Wildman–Crippen LogP) is 1.28. The molecular weight excluding hydrogens is 456 g/mol. The van der Waals surface area contributed by atoms with Crippen molar-refractivity contribution in [2.75, 3.05) is 18.1 Å². The first kappa shape index (κ1) is 25.4. The van der Waals surface area contributed by atoms with Gasteiger partial charge >= 0.3 is 11.9 Å². The van der Waals surface area contributed by atoms with E-state index in [2.05, 4.69) is 15.3 Å². The zero-order valence-corrected chi connectivity index (χ0v) is 19.0. The Kier molecular flexibility index (Phi) is 8.16. The minimum atomic E-state index is -1.32. The molecule has 1 heterocycles. The van der Waals surface area contributed by atoms with Crippen LogP contribution in [-0.2, 0) is 16.1 Å². The molecule has 0 bridgehead atoms. The number of carboxylic acids is 2. The van der Waals surface area contributed by atoms with Gasteiger partial charge in [0, 0.05) is 30.8 Å². The molecule has 1 amide bonds. The van der Waals surface area contributed by atoms with E-state index in [1.165, 1.54) is 12.1 Å². The number of aliphatic hydroxyl groups is 1. The molecule has 0 aliphatic carbocycles. The van der Waals surface area contributed by atoms with Crippen LogP contribution >= 0.6 is 0 Å². The fraction of sp³-hybridized carbons (Fsp3) is 0.292. The number of nitrogens with zero attached hydrogens (tertiary/aromatic N) is 2. The normalized spacial score (nSPS) is 11.7. The Morgan fingerprint density at radius 1 is 1.11 bits per heavy atom. The van der Waals surface area contributed by atoms with Crippen LogP contribution in [0.3, 0.4) is 0 Å². The van der Waals surface area contributed by atoms with Gasteiger partial charge in [0.1, 0.15) is 11.9 Å². The number of carbonyl (C=O) groups is 3. The summed E-state index contributed by atoms with van der Waals surface area (Å²) in [4.78, 5) is 55.6. The molecular formula is C24H26N4O7. The van der Waals surface area contributed by atoms with Crippen LogP contribution < -0.4 is 15.8 Å². The Hall–Kier alpha value is -4.25. The Balaban J connectivity index is 1.75. The molecule has 0 unspecified atom stereocenters. The first-order valence-electron chi connectivity index (χ1n) is 10.9. The summed E-state index contributed by atoms with van der Waals surface area (Å²) in [5.74, 6) is -2.58. The Morgan fingerprint density at radius 2 is 1.83 bits per heavy atom. The zero-order valence-electron chi connectivity index (χ0n) is 19.0. The first-order valence-corrected chi connectivity index (χ1v) is 10.9. The van der Waals surface area contributed by atoms with E-state index >= 15 is 0 Å². The number of hydrogen-bond acceptors (Lipinski definition) is 7. The van der Waals surface area contributed by atoms with Gasteiger partial charge in [0.15, 0.2) is 0 Å². The smallest absolute Gasteiger partial charge is 0.326 e. The molecule has 3 rings (SSSR count). The molecule has 3 aromatic rings. The molecule has 1 atom stereocenters. The summed E-state index contributed by atoms with van der Waals surface area (Å²) in [6.07, 6.45) is -0.620. The quantitative estimate of drug-likeness (QED) is 0.270. The summed E-state index contributed by atoms with van der Waals surface area (Å²) >= 11 is 0. The SMILES string of the molecule is Cc1nc2ccc(CN(CCO)c3ccc(C(=O)N[C@@H](CCC(=O)O)C(=O)O)cc3)cc2c(=O)[nH]1. The number of hydrogen-bond donors (Lipinski definition) is 5. The monoisotopic (exact) mass is 482 g/mol. The maximum atomic E-state index is 12.5. The van der Waals surface area contributed by atoms with Gasteiger partial charge in [-0.05, 0) is 55.3 Å². The van der Waals surface area contributed by atoms with Gasteiger partial charge < -0.3 is 30.5 Å². The molecule has 0 spiro atoms. The van der Waals surface area contributed by atoms with Crippen molar-refractivity contribution in [2.24, 2.45) is 0 Å². The molecule has 0 aliphatic rings. The molecule has 184 valence electrons. The van der Waals surface area contributed by atoms with Crippen LogP contribution in [0.4, 0.5) is 5.69 Å². The van der Waals surface area contributed by atoms with Crippen LogP contribution in [0.5, 0.6) is 0 Å². The molecule has 0 saturated carbocycles. The van der Waals surface area contributed by atoms with E-state index in [4.69, 9.17) is 5.11 Å². The van der Waals surface area contributed by atoms with E-state index in [0.717, 1.165) is 5.56 Å². The van der Waals surface area contributed by atoms with Crippen molar-refractivity contribution in [2.45, 2.75) is 32.4 Å². The van der Waals surface area contributed by atoms with Crippen molar-refractivity contribution in [3.05, 3.63) is 69.8 Å². The first-order chi connectivity index (χ1) is 16.7. The van der Waals surface area contributed by atoms with E-state index in [9.17, 15) is 29.4 Å². The molecule has 0 fully saturated rings. The number of aliphatic hydroxyl groups excluding tert-OH is 1. The molecule has 0 radical (unpaired) electrons. The third-order valence-electron chi connectivity index (χ3n) is 5.38. The van der Waals surface area contributed by atoms with Gasteiger partial charge in [0.25, 0.3) is 11.5 Å². The summed E-state index contributed by atoms with van der Waals surface area (Å²) in [5, 5.41) is 30.3. The van der Waals surface area contributed by atoms with Gasteiger partial charge in [-0.25, -0.2) is 9.78 Å². The number of aromatic amines is 1. The van der Waals surface area contributed by atoms with Gasteiger partial charge in [0.2, 0.25) is 0 Å². The molecule has 0 aliphatic heterocycles. The fourth-order valence-electron chi connectivity index (χ4n) is 3.63. The van der Waals surface area contributed by atoms with Crippen LogP contribution in [-0.4, -0.2) is 62.3 Å². The highest BCUT2D eigenvalue weighted by atomic mass is 16.4. The van der Waals surface area contributed by atoms with Gasteiger partial charge in [0.05, 0.1) is 17.5 Å². The van der Waals surface area contributed by atoms with E-state index in [-0.39, 0.29) is 30.6 Å². The summed E-state index contributed by atoms with van der Waals surface area (Å²) in [5.41, 5.74) is 2.08. The lowest BCUT2D eigenvalue weighted by Gasteiger charge is -2.24. The summed E-state index contributed by atoms with van der Waals surface area (Å²) in [6, 6.07) is 10.4. The van der Waals surface area contributed by atoms with Crippen LogP contribution in [0.1, 0.15) is 34.6 Å². The molecule has 1 aromatic heterocycles. The minimum absolute atomic E-state index is 0.124. The number of carboxylic acid groups (broad SMARTS) is 2. The molecule has 0 saturated heterocycles. The largest absolute Gasteiger partial charge is 0.481 e. The van der Waals surface area contributed by atoms with Crippen LogP contribution in [0.2, 0.25) is 0 Å². The number of fused-ring (bicyclic) bond motifs is 1. The highest BCUT2D eigenvalue weighted by Gasteiger charge is 2.21. The lowest BCUT2D eigenvalue weighted by atomic mass is 10.1. The Labute approximate surface area is 200 Å². The Bertz CT molecular complexity index is 1290. The predicted molar refractivity (Wildman–Crippen MR) is 127 cm³/mol. The highest BCUT2D eigenvalue weighted by molar-refractivity contribution is 5.97. The average molecular weight is 482 g/mol. The van der Waals surface area contributed by atoms with Gasteiger partial charge in [-0.2, -0.15) is 0 Å². The van der Waals surface area contributed by atoms with Crippen molar-refractivity contribution in [1.82, 2.24) is 15.3 Å². The molecule has 11 heteroatoms. The van der Waals surface area contributed by atoms with E-state index in [0.29, 0.717) is 35.5 Å². The maximum absolute atomic E-state index is 12.5. The molecule has 2 aromatic carbocycles. The number of H-pyrrole nitrogens is 1. The number of benzene rings is 2. The van der Waals surface area contributed by atoms with Gasteiger partial charge in [-0.1, -0.05) is 6.07 Å². The van der Waals surface area contributed by atoms with Crippen molar-refractivity contribution in [1.29, 1.82) is 0 Å². The molecule has 35 heavy (non-hydrogen) atoms. The summed E-state index contributed by atoms with van der Waals surface area (Å²) < 4.78 is 0. The van der Waals surface area contributed by atoms with Crippen LogP contribution in [0, 0.1) is 6.92 Å². The van der Waals surface area contributed by atoms with Crippen molar-refractivity contribution < 1.29 is 29.7 Å². The molecule has 11 nitrogen and oxygen atoms in total. The van der Waals surface area contributed by atoms with Crippen LogP contribution in [0.25, 0.3) is 10.9 Å². The standard InChI is InChI=1S/C24H26N4O7/c1-14-25-19-7-2-15(12-18(19)23(33)26-14)13-28(10-11-29)17-5-3-16(4-6-17)22(32)27-20(24(34)35)8-9-21(30)31/h2-7,12,20,29H,8-11,13H2,1H3,(H,27,32)(H,30,31)(H,34,35)(H,25,26,33)/t20-/m0/s1. The number of nitrogens with one attached hydrogen (secondary N) is 2. The lowest BCUT2D eigenvalue weighted by molar-refractivity contribution is -0.140. The van der Waals surface area contributed by atoms with E-state index in [1.54, 1.807) is 31.2 Å². The fourth-order valence-corrected chi connectivity index (χ4v) is 3.63. The number of carbonyl (C=O) groups excluding carboxylic acids is 1. The van der Waals surface area contributed by atoms with Crippen molar-refractivity contribution in [3.63, 3.8) is 0 Å². The van der Waals surface area contributed by atoms with E-state index in [1.807, 2.05) is 11.0 Å². The number of rotatable bonds is 11. The van der Waals surface area contributed by atoms with Crippen molar-refractivity contribution in [3.8, 4) is 0 Å². The third kappa shape index (κ3) is 6.64. The second-order valence-electron chi connectivity index (χ2n) is 7.99. The number of amides is 1. The van der Waals surface area contributed by atoms with E-state index < -0.39 is 23.9 Å². The van der Waals surface area contributed by atoms with Crippen molar-refractivity contribution >= 4 is 34.4 Å². The second-order valence-corrected chi connectivity index (χ2v) is 7.99. The summed E-state index contributed by atoms with van der Waals surface area (Å²) in [6.45, 7) is 2.26. The minimum Gasteiger partial charge on any atom is -0.481 e. The third-order valence-corrected chi connectivity index (χ3v) is 5.38. The maximum Gasteiger partial charge on any atom is 0.326 e. The van der Waals surface area contributed by atoms with Gasteiger partial charge in [-0.15, -0.1) is 0 Å². The number of aryl methyl sites for hydroxylation is 1. The Morgan fingerprint density at radius 3 is 2.46 bits per heavy atom. The number of aliphatic carboxylic acids is 2. The average Bonchev–Trinajstić information content (AvgIpc) is 2.81. The zero-order chi connectivity index (χ0) is 25.5.